The van der Waals surface area contributed by atoms with Gasteiger partial charge in [0.05, 0.1) is 13.2 Å². The first kappa shape index (κ1) is 21.2. The summed E-state index contributed by atoms with van der Waals surface area (Å²) in [4.78, 5) is 15.2. The zero-order valence-corrected chi connectivity index (χ0v) is 18.8. The van der Waals surface area contributed by atoms with Gasteiger partial charge in [0.1, 0.15) is 6.17 Å². The van der Waals surface area contributed by atoms with Gasteiger partial charge in [-0.1, -0.05) is 12.5 Å². The Balaban J connectivity index is 1.63. The van der Waals surface area contributed by atoms with E-state index in [1.165, 1.54) is 18.4 Å². The number of rotatable bonds is 6. The molecular weight excluding hydrogens is 378 g/mol. The topological polar surface area (TPSA) is 55.7 Å². The van der Waals surface area contributed by atoms with Gasteiger partial charge in [0.2, 0.25) is 5.90 Å². The first-order valence-corrected chi connectivity index (χ1v) is 11.3. The summed E-state index contributed by atoms with van der Waals surface area (Å²) in [5.41, 5.74) is 1.10. The molecule has 0 spiro atoms. The van der Waals surface area contributed by atoms with Crippen molar-refractivity contribution in [1.29, 1.82) is 0 Å². The summed E-state index contributed by atoms with van der Waals surface area (Å²) in [7, 11) is 5.52. The molecule has 2 saturated carbocycles. The molecule has 6 heteroatoms. The van der Waals surface area contributed by atoms with Crippen molar-refractivity contribution in [3.63, 3.8) is 0 Å². The number of hydrogen-bond acceptors (Lipinski definition) is 6. The number of hydrogen-bond donors (Lipinski definition) is 0. The Bertz CT molecular complexity index is 803. The van der Waals surface area contributed by atoms with Crippen LogP contribution in [0, 0.1) is 5.92 Å². The molecule has 0 saturated heterocycles. The first-order chi connectivity index (χ1) is 14.5. The molecule has 0 bridgehead atoms. The molecule has 3 unspecified atom stereocenters. The van der Waals surface area contributed by atoms with E-state index in [-0.39, 0.29) is 11.6 Å². The second-order valence-electron chi connectivity index (χ2n) is 8.96. The van der Waals surface area contributed by atoms with Gasteiger partial charge < -0.3 is 14.3 Å². The van der Waals surface area contributed by atoms with E-state index in [0.29, 0.717) is 12.0 Å². The minimum Gasteiger partial charge on any atom is -0.493 e. The lowest BCUT2D eigenvalue weighted by Gasteiger charge is -2.38. The fourth-order valence-corrected chi connectivity index (χ4v) is 5.18. The van der Waals surface area contributed by atoms with E-state index in [2.05, 4.69) is 30.3 Å². The van der Waals surface area contributed by atoms with Crippen LogP contribution in [0.15, 0.2) is 28.2 Å². The van der Waals surface area contributed by atoms with E-state index in [9.17, 15) is 0 Å². The highest BCUT2D eigenvalue weighted by Crippen LogP contribution is 2.45. The maximum atomic E-state index is 6.38. The normalized spacial score (nSPS) is 30.5. The van der Waals surface area contributed by atoms with Crippen LogP contribution in [0.3, 0.4) is 0 Å². The van der Waals surface area contributed by atoms with Crippen LogP contribution in [0.25, 0.3) is 0 Å². The van der Waals surface area contributed by atoms with Crippen molar-refractivity contribution in [3.05, 3.63) is 23.8 Å². The average molecular weight is 414 g/mol. The number of nitrogens with zero attached hydrogens (tertiary/aromatic N) is 3. The molecule has 1 aliphatic heterocycles. The highest BCUT2D eigenvalue weighted by atomic mass is 16.7. The van der Waals surface area contributed by atoms with E-state index >= 15 is 0 Å². The maximum Gasteiger partial charge on any atom is 0.214 e. The molecule has 6 nitrogen and oxygen atoms in total. The molecule has 1 aromatic rings. The molecule has 3 aliphatic rings. The molecule has 1 heterocycles. The zero-order chi connectivity index (χ0) is 21.1. The fraction of sp³-hybridized carbons (Fsp3) is 0.667. The van der Waals surface area contributed by atoms with Crippen LogP contribution >= 0.6 is 0 Å². The summed E-state index contributed by atoms with van der Waals surface area (Å²) in [6.45, 7) is 2.06. The molecule has 0 aromatic heterocycles. The Morgan fingerprint density at radius 1 is 1.20 bits per heavy atom. The third kappa shape index (κ3) is 4.20. The maximum absolute atomic E-state index is 6.38. The molecular formula is C24H35N3O3. The van der Waals surface area contributed by atoms with Crippen LogP contribution in [0.5, 0.6) is 11.5 Å². The van der Waals surface area contributed by atoms with Crippen molar-refractivity contribution < 1.29 is 14.3 Å². The van der Waals surface area contributed by atoms with Crippen molar-refractivity contribution in [3.8, 4) is 11.5 Å². The molecule has 0 N–H and O–H groups in total. The summed E-state index contributed by atoms with van der Waals surface area (Å²) in [6.07, 6.45) is 11.5. The van der Waals surface area contributed by atoms with E-state index < -0.39 is 0 Å². The van der Waals surface area contributed by atoms with Gasteiger partial charge in [-0.2, -0.15) is 0 Å². The van der Waals surface area contributed by atoms with Crippen LogP contribution in [0.1, 0.15) is 63.9 Å². The van der Waals surface area contributed by atoms with Gasteiger partial charge in [-0.05, 0) is 69.6 Å². The van der Waals surface area contributed by atoms with Crippen molar-refractivity contribution in [2.24, 2.45) is 15.9 Å². The lowest BCUT2D eigenvalue weighted by molar-refractivity contribution is -0.0569. The molecule has 3 atom stereocenters. The smallest absolute Gasteiger partial charge is 0.214 e. The molecule has 2 aliphatic carbocycles. The zero-order valence-electron chi connectivity index (χ0n) is 18.8. The highest BCUT2D eigenvalue weighted by Gasteiger charge is 2.41. The van der Waals surface area contributed by atoms with E-state index in [1.54, 1.807) is 7.11 Å². The van der Waals surface area contributed by atoms with Crippen molar-refractivity contribution in [2.45, 2.75) is 76.0 Å². The van der Waals surface area contributed by atoms with E-state index in [0.717, 1.165) is 55.9 Å². The Kier molecular flexibility index (Phi) is 6.32. The van der Waals surface area contributed by atoms with Gasteiger partial charge in [-0.15, -0.1) is 5.06 Å². The average Bonchev–Trinajstić information content (AvgIpc) is 3.38. The summed E-state index contributed by atoms with van der Waals surface area (Å²) >= 11 is 0. The van der Waals surface area contributed by atoms with Gasteiger partial charge in [0.15, 0.2) is 11.5 Å². The number of methoxy groups -OCH3 is 1. The lowest BCUT2D eigenvalue weighted by Crippen LogP contribution is -2.38. The van der Waals surface area contributed by atoms with Gasteiger partial charge in [-0.25, -0.2) is 4.99 Å². The Hall–Kier alpha value is -2.08. The molecule has 0 amide bonds. The molecule has 4 rings (SSSR count). The molecule has 1 aromatic carbocycles. The predicted molar refractivity (Wildman–Crippen MR) is 120 cm³/mol. The minimum absolute atomic E-state index is 0.0727. The second kappa shape index (κ2) is 8.96. The highest BCUT2D eigenvalue weighted by molar-refractivity contribution is 5.82. The van der Waals surface area contributed by atoms with E-state index in [4.69, 9.17) is 19.3 Å². The monoisotopic (exact) mass is 413 g/mol. The summed E-state index contributed by atoms with van der Waals surface area (Å²) in [6, 6.07) is 6.41. The predicted octanol–water partition coefficient (Wildman–Crippen LogP) is 4.77. The molecule has 0 radical (unpaired) electrons. The van der Waals surface area contributed by atoms with Gasteiger partial charge in [-0.3, -0.25) is 4.99 Å². The molecule has 2 fully saturated rings. The Labute approximate surface area is 180 Å². The van der Waals surface area contributed by atoms with Crippen LogP contribution in [0.2, 0.25) is 0 Å². The fourth-order valence-electron chi connectivity index (χ4n) is 5.18. The third-order valence-electron chi connectivity index (χ3n) is 6.92. The van der Waals surface area contributed by atoms with Crippen LogP contribution in [-0.4, -0.2) is 50.7 Å². The first-order valence-electron chi connectivity index (χ1n) is 11.3. The Morgan fingerprint density at radius 3 is 2.67 bits per heavy atom. The lowest BCUT2D eigenvalue weighted by atomic mass is 9.66. The standard InChI is InChI=1S/C24H35N3O3/c1-17-26-23(30-27(17)3)18-8-7-13-24(15-18,16-25-2)19-11-12-21(28-4)22(14-19)29-20-9-5-6-10-20/h11-12,14,16-18,20H,5-10,13,15H2,1-4H3. The molecule has 30 heavy (non-hydrogen) atoms. The van der Waals surface area contributed by atoms with Crippen molar-refractivity contribution >= 4 is 12.1 Å². The molecule has 164 valence electrons. The summed E-state index contributed by atoms with van der Waals surface area (Å²) in [5.74, 6) is 2.83. The number of hydroxylamine groups is 2. The van der Waals surface area contributed by atoms with Gasteiger partial charge >= 0.3 is 0 Å². The second-order valence-corrected chi connectivity index (χ2v) is 8.96. The van der Waals surface area contributed by atoms with Crippen molar-refractivity contribution in [1.82, 2.24) is 5.06 Å². The summed E-state index contributed by atoms with van der Waals surface area (Å²) < 4.78 is 12.0. The number of aliphatic imine (C=N–C) groups is 2. The minimum atomic E-state index is -0.145. The van der Waals surface area contributed by atoms with Crippen LogP contribution in [-0.2, 0) is 10.3 Å². The van der Waals surface area contributed by atoms with E-state index in [1.807, 2.05) is 25.2 Å². The van der Waals surface area contributed by atoms with Crippen LogP contribution < -0.4 is 9.47 Å². The van der Waals surface area contributed by atoms with Gasteiger partial charge in [0.25, 0.3) is 0 Å². The SMILES string of the molecule is CN=CC1(c2ccc(OC)c(OC3CCCC3)c2)CCCC(C2=NC(C)N(C)O2)C1. The number of benzene rings is 1. The van der Waals surface area contributed by atoms with Crippen molar-refractivity contribution in [2.75, 3.05) is 21.2 Å². The quantitative estimate of drug-likeness (QED) is 0.631. The van der Waals surface area contributed by atoms with Crippen LogP contribution in [0.4, 0.5) is 0 Å². The largest absolute Gasteiger partial charge is 0.493 e. The third-order valence-corrected chi connectivity index (χ3v) is 6.92. The Morgan fingerprint density at radius 2 is 2.00 bits per heavy atom. The summed E-state index contributed by atoms with van der Waals surface area (Å²) in [5, 5.41) is 1.83. The number of ether oxygens (including phenoxy) is 2. The van der Waals surface area contributed by atoms with Gasteiger partial charge in [0, 0.05) is 31.6 Å².